The van der Waals surface area contributed by atoms with Gasteiger partial charge in [-0.25, -0.2) is 9.59 Å². The molecule has 1 N–H and O–H groups in total. The molecule has 2 aromatic rings. The zero-order chi connectivity index (χ0) is 13.7. The van der Waals surface area contributed by atoms with E-state index in [4.69, 9.17) is 9.84 Å². The SMILES string of the molecule is O=C(O)N(C(=O)Oc1ccccc1)c1ccccc1. The van der Waals surface area contributed by atoms with Gasteiger partial charge in [0.2, 0.25) is 0 Å². The van der Waals surface area contributed by atoms with Crippen molar-refractivity contribution in [1.29, 1.82) is 0 Å². The molecule has 0 unspecified atom stereocenters. The van der Waals surface area contributed by atoms with Crippen LogP contribution in [0.4, 0.5) is 15.3 Å². The summed E-state index contributed by atoms with van der Waals surface area (Å²) in [6.07, 6.45) is -2.36. The van der Waals surface area contributed by atoms with E-state index >= 15 is 0 Å². The van der Waals surface area contributed by atoms with Crippen LogP contribution in [-0.4, -0.2) is 17.3 Å². The van der Waals surface area contributed by atoms with Crippen LogP contribution in [-0.2, 0) is 0 Å². The van der Waals surface area contributed by atoms with E-state index in [2.05, 4.69) is 0 Å². The highest BCUT2D eigenvalue weighted by atomic mass is 16.6. The van der Waals surface area contributed by atoms with Crippen LogP contribution < -0.4 is 9.64 Å². The summed E-state index contributed by atoms with van der Waals surface area (Å²) < 4.78 is 5.00. The Balaban J connectivity index is 2.21. The van der Waals surface area contributed by atoms with Gasteiger partial charge in [-0.3, -0.25) is 0 Å². The first-order chi connectivity index (χ1) is 9.18. The molecule has 2 amide bonds. The number of carbonyl (C=O) groups excluding carboxylic acids is 1. The first-order valence-corrected chi connectivity index (χ1v) is 5.53. The number of carbonyl (C=O) groups is 2. The monoisotopic (exact) mass is 257 g/mol. The molecule has 2 aromatic carbocycles. The number of imide groups is 1. The van der Waals surface area contributed by atoms with Crippen molar-refractivity contribution in [3.05, 3.63) is 60.7 Å². The van der Waals surface area contributed by atoms with Crippen molar-refractivity contribution in [3.63, 3.8) is 0 Å². The lowest BCUT2D eigenvalue weighted by atomic mass is 10.3. The van der Waals surface area contributed by atoms with Crippen molar-refractivity contribution in [2.75, 3.05) is 4.90 Å². The van der Waals surface area contributed by atoms with Crippen molar-refractivity contribution in [2.24, 2.45) is 0 Å². The summed E-state index contributed by atoms with van der Waals surface area (Å²) in [5, 5.41) is 9.10. The molecule has 5 heteroatoms. The number of hydrogen-bond acceptors (Lipinski definition) is 3. The molecule has 0 aliphatic rings. The van der Waals surface area contributed by atoms with Gasteiger partial charge in [0.25, 0.3) is 0 Å². The third kappa shape index (κ3) is 3.10. The predicted octanol–water partition coefficient (Wildman–Crippen LogP) is 3.37. The molecule has 19 heavy (non-hydrogen) atoms. The second-order valence-electron chi connectivity index (χ2n) is 3.63. The van der Waals surface area contributed by atoms with Gasteiger partial charge in [0.15, 0.2) is 0 Å². The molecule has 5 nitrogen and oxygen atoms in total. The number of rotatable bonds is 2. The van der Waals surface area contributed by atoms with Gasteiger partial charge in [-0.15, -0.1) is 0 Å². The molecule has 2 rings (SSSR count). The minimum Gasteiger partial charge on any atom is -0.464 e. The van der Waals surface area contributed by atoms with E-state index in [1.165, 1.54) is 12.1 Å². The Labute approximate surface area is 109 Å². The molecule has 0 aromatic heterocycles. The van der Waals surface area contributed by atoms with Crippen molar-refractivity contribution in [2.45, 2.75) is 0 Å². The highest BCUT2D eigenvalue weighted by molar-refractivity contribution is 6.09. The molecule has 96 valence electrons. The van der Waals surface area contributed by atoms with Crippen LogP contribution in [0.5, 0.6) is 5.75 Å². The van der Waals surface area contributed by atoms with Crippen LogP contribution >= 0.6 is 0 Å². The third-order valence-corrected chi connectivity index (χ3v) is 2.34. The number of amides is 2. The van der Waals surface area contributed by atoms with E-state index in [1.807, 2.05) is 0 Å². The summed E-state index contributed by atoms with van der Waals surface area (Å²) in [5.41, 5.74) is 0.232. The quantitative estimate of drug-likeness (QED) is 0.895. The Morgan fingerprint density at radius 2 is 1.42 bits per heavy atom. The van der Waals surface area contributed by atoms with Gasteiger partial charge in [-0.1, -0.05) is 36.4 Å². The Hall–Kier alpha value is -2.82. The highest BCUT2D eigenvalue weighted by Gasteiger charge is 2.24. The molecule has 0 aliphatic heterocycles. The fourth-order valence-electron chi connectivity index (χ4n) is 1.51. The Kier molecular flexibility index (Phi) is 3.78. The second-order valence-corrected chi connectivity index (χ2v) is 3.63. The molecule has 0 aliphatic carbocycles. The smallest absolute Gasteiger partial charge is 0.429 e. The topological polar surface area (TPSA) is 66.8 Å². The Morgan fingerprint density at radius 3 is 1.95 bits per heavy atom. The van der Waals surface area contributed by atoms with E-state index in [9.17, 15) is 9.59 Å². The number of nitrogens with zero attached hydrogens (tertiary/aromatic N) is 1. The first kappa shape index (κ1) is 12.6. The van der Waals surface area contributed by atoms with E-state index in [1.54, 1.807) is 48.5 Å². The van der Waals surface area contributed by atoms with Gasteiger partial charge in [0, 0.05) is 0 Å². The number of ether oxygens (including phenoxy) is 1. The highest BCUT2D eigenvalue weighted by Crippen LogP contribution is 2.17. The lowest BCUT2D eigenvalue weighted by Gasteiger charge is -2.16. The Morgan fingerprint density at radius 1 is 0.895 bits per heavy atom. The molecule has 0 fully saturated rings. The van der Waals surface area contributed by atoms with E-state index < -0.39 is 12.2 Å². The third-order valence-electron chi connectivity index (χ3n) is 2.34. The molecule has 0 spiro atoms. The minimum absolute atomic E-state index is 0.232. The van der Waals surface area contributed by atoms with Gasteiger partial charge in [0.05, 0.1) is 5.69 Å². The van der Waals surface area contributed by atoms with Gasteiger partial charge >= 0.3 is 12.2 Å². The van der Waals surface area contributed by atoms with Crippen molar-refractivity contribution in [3.8, 4) is 5.75 Å². The summed E-state index contributed by atoms with van der Waals surface area (Å²) >= 11 is 0. The molecular formula is C14H11NO4. The van der Waals surface area contributed by atoms with E-state index in [0.29, 0.717) is 4.90 Å². The lowest BCUT2D eigenvalue weighted by molar-refractivity contribution is 0.187. The maximum atomic E-state index is 11.9. The molecule has 0 heterocycles. The van der Waals surface area contributed by atoms with Crippen LogP contribution in [0, 0.1) is 0 Å². The van der Waals surface area contributed by atoms with Crippen molar-refractivity contribution in [1.82, 2.24) is 0 Å². The number of benzene rings is 2. The number of anilines is 1. The zero-order valence-corrected chi connectivity index (χ0v) is 9.89. The van der Waals surface area contributed by atoms with Crippen LogP contribution in [0.2, 0.25) is 0 Å². The fourth-order valence-corrected chi connectivity index (χ4v) is 1.51. The molecule has 0 radical (unpaired) electrons. The zero-order valence-electron chi connectivity index (χ0n) is 9.89. The average Bonchev–Trinajstić information content (AvgIpc) is 2.40. The predicted molar refractivity (Wildman–Crippen MR) is 69.4 cm³/mol. The van der Waals surface area contributed by atoms with Gasteiger partial charge in [-0.2, -0.15) is 4.90 Å². The number of hydrogen-bond donors (Lipinski definition) is 1. The largest absolute Gasteiger partial charge is 0.464 e. The lowest BCUT2D eigenvalue weighted by Crippen LogP contribution is -2.37. The summed E-state index contributed by atoms with van der Waals surface area (Å²) in [7, 11) is 0. The molecular weight excluding hydrogens is 246 g/mol. The summed E-state index contributed by atoms with van der Waals surface area (Å²) in [5.74, 6) is 0.287. The van der Waals surface area contributed by atoms with Crippen molar-refractivity contribution < 1.29 is 19.4 Å². The second kappa shape index (κ2) is 5.68. The maximum absolute atomic E-state index is 11.9. The molecule has 0 saturated carbocycles. The van der Waals surface area contributed by atoms with Gasteiger partial charge in [0.1, 0.15) is 5.75 Å². The Bertz CT molecular complexity index is 569. The minimum atomic E-state index is -1.40. The average molecular weight is 257 g/mol. The number of carboxylic acid groups (broad SMARTS) is 1. The first-order valence-electron chi connectivity index (χ1n) is 5.53. The van der Waals surface area contributed by atoms with E-state index in [-0.39, 0.29) is 11.4 Å². The van der Waals surface area contributed by atoms with Gasteiger partial charge in [-0.05, 0) is 24.3 Å². The summed E-state index contributed by atoms with van der Waals surface area (Å²) in [6.45, 7) is 0. The van der Waals surface area contributed by atoms with Crippen LogP contribution in [0.1, 0.15) is 0 Å². The molecule has 0 atom stereocenters. The van der Waals surface area contributed by atoms with E-state index in [0.717, 1.165) is 0 Å². The maximum Gasteiger partial charge on any atom is 0.429 e. The number of para-hydroxylation sites is 2. The standard InChI is InChI=1S/C14H11NO4/c16-13(17)15(11-7-3-1-4-8-11)14(18)19-12-9-5-2-6-10-12/h1-10H,(H,16,17). The fraction of sp³-hybridized carbons (Fsp3) is 0. The normalized spacial score (nSPS) is 9.68. The van der Waals surface area contributed by atoms with Crippen molar-refractivity contribution >= 4 is 17.9 Å². The van der Waals surface area contributed by atoms with Crippen LogP contribution in [0.25, 0.3) is 0 Å². The summed E-state index contributed by atoms with van der Waals surface area (Å²) in [6, 6.07) is 16.3. The molecule has 0 bridgehead atoms. The summed E-state index contributed by atoms with van der Waals surface area (Å²) in [4.78, 5) is 23.6. The molecule has 0 saturated heterocycles. The van der Waals surface area contributed by atoms with Crippen LogP contribution in [0.15, 0.2) is 60.7 Å². The van der Waals surface area contributed by atoms with Gasteiger partial charge < -0.3 is 9.84 Å². The van der Waals surface area contributed by atoms with Crippen LogP contribution in [0.3, 0.4) is 0 Å².